The first-order valence-electron chi connectivity index (χ1n) is 8.32. The van der Waals surface area contributed by atoms with Crippen LogP contribution in [0, 0.1) is 5.82 Å². The van der Waals surface area contributed by atoms with E-state index in [0.717, 1.165) is 11.1 Å². The molecule has 1 aliphatic heterocycles. The maximum Gasteiger partial charge on any atom is 0.146 e. The van der Waals surface area contributed by atoms with E-state index in [0.29, 0.717) is 44.7 Å². The molecular formula is C19H23FN2O2. The molecule has 24 heavy (non-hydrogen) atoms. The van der Waals surface area contributed by atoms with Crippen LogP contribution in [0.25, 0.3) is 0 Å². The van der Waals surface area contributed by atoms with Gasteiger partial charge >= 0.3 is 0 Å². The summed E-state index contributed by atoms with van der Waals surface area (Å²) in [5.74, 6) is 0.0343. The summed E-state index contributed by atoms with van der Waals surface area (Å²) in [5.41, 5.74) is 2.29. The average molecular weight is 330 g/mol. The van der Waals surface area contributed by atoms with Crippen LogP contribution in [0.1, 0.15) is 24.0 Å². The first-order chi connectivity index (χ1) is 11.6. The topological polar surface area (TPSA) is 55.7 Å². The van der Waals surface area contributed by atoms with Crippen LogP contribution in [-0.2, 0) is 13.1 Å². The summed E-state index contributed by atoms with van der Waals surface area (Å²) in [4.78, 5) is 1.99. The summed E-state index contributed by atoms with van der Waals surface area (Å²) in [6.07, 6.45) is 1.11. The number of benzene rings is 2. The van der Waals surface area contributed by atoms with E-state index in [1.54, 1.807) is 18.2 Å². The van der Waals surface area contributed by atoms with E-state index in [1.165, 1.54) is 0 Å². The minimum Gasteiger partial charge on any atom is -0.508 e. The van der Waals surface area contributed by atoms with Crippen molar-refractivity contribution in [3.63, 3.8) is 0 Å². The second-order valence-electron chi connectivity index (χ2n) is 6.24. The van der Waals surface area contributed by atoms with Gasteiger partial charge in [0.15, 0.2) is 0 Å². The lowest BCUT2D eigenvalue weighted by Gasteiger charge is -2.31. The van der Waals surface area contributed by atoms with Crippen LogP contribution in [0.15, 0.2) is 42.5 Å². The number of nitrogens with zero attached hydrogens (tertiary/aromatic N) is 1. The highest BCUT2D eigenvalue weighted by Crippen LogP contribution is 2.24. The van der Waals surface area contributed by atoms with Gasteiger partial charge in [-0.3, -0.25) is 0 Å². The molecule has 0 aromatic heterocycles. The molecule has 3 rings (SSSR count). The number of phenols is 1. The summed E-state index contributed by atoms with van der Waals surface area (Å²) < 4.78 is 14.4. The van der Waals surface area contributed by atoms with Crippen molar-refractivity contribution >= 4 is 5.69 Å². The van der Waals surface area contributed by atoms with Gasteiger partial charge in [-0.15, -0.1) is 0 Å². The Bertz CT molecular complexity index is 685. The summed E-state index contributed by atoms with van der Waals surface area (Å²) in [5, 5.41) is 22.5. The molecule has 0 aliphatic carbocycles. The Kier molecular flexibility index (Phi) is 5.33. The zero-order chi connectivity index (χ0) is 16.9. The summed E-state index contributed by atoms with van der Waals surface area (Å²) in [6, 6.07) is 12.5. The Labute approximate surface area is 141 Å². The molecule has 0 amide bonds. The fourth-order valence-corrected chi connectivity index (χ4v) is 3.03. The SMILES string of the molecule is Oc1ccccc1CNCc1ccc(N2CCC(O)CC2)c(F)c1. The van der Waals surface area contributed by atoms with Gasteiger partial charge in [0.05, 0.1) is 11.8 Å². The van der Waals surface area contributed by atoms with Gasteiger partial charge in [0.25, 0.3) is 0 Å². The number of aliphatic hydroxyl groups is 1. The van der Waals surface area contributed by atoms with Crippen LogP contribution in [0.4, 0.5) is 10.1 Å². The summed E-state index contributed by atoms with van der Waals surface area (Å²) in [7, 11) is 0. The fourth-order valence-electron chi connectivity index (χ4n) is 3.03. The Morgan fingerprint density at radius 1 is 1.08 bits per heavy atom. The van der Waals surface area contributed by atoms with Gasteiger partial charge in [-0.05, 0) is 36.6 Å². The number of nitrogens with one attached hydrogen (secondary N) is 1. The maximum absolute atomic E-state index is 14.4. The van der Waals surface area contributed by atoms with Crippen molar-refractivity contribution in [2.24, 2.45) is 0 Å². The van der Waals surface area contributed by atoms with Crippen LogP contribution in [0.2, 0.25) is 0 Å². The first-order valence-corrected chi connectivity index (χ1v) is 8.32. The predicted molar refractivity (Wildman–Crippen MR) is 92.5 cm³/mol. The number of para-hydroxylation sites is 1. The molecule has 2 aromatic rings. The van der Waals surface area contributed by atoms with Crippen LogP contribution >= 0.6 is 0 Å². The van der Waals surface area contributed by atoms with E-state index in [1.807, 2.05) is 29.2 Å². The van der Waals surface area contributed by atoms with E-state index in [4.69, 9.17) is 0 Å². The minimum atomic E-state index is -0.262. The number of phenolic OH excluding ortho intramolecular Hbond substituents is 1. The number of rotatable bonds is 5. The van der Waals surface area contributed by atoms with E-state index in [2.05, 4.69) is 5.32 Å². The number of hydrogen-bond acceptors (Lipinski definition) is 4. The first kappa shape index (κ1) is 16.7. The predicted octanol–water partition coefficient (Wildman–Crippen LogP) is 2.78. The zero-order valence-corrected chi connectivity index (χ0v) is 13.6. The molecule has 2 aromatic carbocycles. The molecule has 1 heterocycles. The number of piperidine rings is 1. The second-order valence-corrected chi connectivity index (χ2v) is 6.24. The summed E-state index contributed by atoms with van der Waals surface area (Å²) in [6.45, 7) is 2.43. The van der Waals surface area contributed by atoms with E-state index >= 15 is 0 Å². The highest BCUT2D eigenvalue weighted by Gasteiger charge is 2.19. The third-order valence-corrected chi connectivity index (χ3v) is 4.45. The Hall–Kier alpha value is -2.11. The van der Waals surface area contributed by atoms with Crippen molar-refractivity contribution in [3.8, 4) is 5.75 Å². The Morgan fingerprint density at radius 3 is 2.54 bits per heavy atom. The van der Waals surface area contributed by atoms with Crippen molar-refractivity contribution in [2.75, 3.05) is 18.0 Å². The van der Waals surface area contributed by atoms with Gasteiger partial charge in [0, 0.05) is 31.7 Å². The average Bonchev–Trinajstić information content (AvgIpc) is 2.58. The van der Waals surface area contributed by atoms with E-state index in [9.17, 15) is 14.6 Å². The van der Waals surface area contributed by atoms with Crippen LogP contribution in [-0.4, -0.2) is 29.4 Å². The standard InChI is InChI=1S/C19H23FN2O2/c20-17-11-14(12-21-13-15-3-1-2-4-19(15)24)5-6-18(17)22-9-7-16(23)8-10-22/h1-6,11,16,21,23-24H,7-10,12-13H2. The van der Waals surface area contributed by atoms with Crippen molar-refractivity contribution in [1.82, 2.24) is 5.32 Å². The molecule has 0 saturated carbocycles. The fraction of sp³-hybridized carbons (Fsp3) is 0.368. The number of aliphatic hydroxyl groups excluding tert-OH is 1. The molecular weight excluding hydrogens is 307 g/mol. The zero-order valence-electron chi connectivity index (χ0n) is 13.6. The van der Waals surface area contributed by atoms with Crippen LogP contribution in [0.3, 0.4) is 0 Å². The largest absolute Gasteiger partial charge is 0.508 e. The quantitative estimate of drug-likeness (QED) is 0.789. The molecule has 0 spiro atoms. The number of halogens is 1. The molecule has 128 valence electrons. The van der Waals surface area contributed by atoms with Crippen molar-refractivity contribution < 1.29 is 14.6 Å². The number of anilines is 1. The smallest absolute Gasteiger partial charge is 0.146 e. The molecule has 1 aliphatic rings. The molecule has 1 saturated heterocycles. The third kappa shape index (κ3) is 4.04. The minimum absolute atomic E-state index is 0.228. The van der Waals surface area contributed by atoms with Gasteiger partial charge in [-0.1, -0.05) is 24.3 Å². The molecule has 3 N–H and O–H groups in total. The molecule has 0 unspecified atom stereocenters. The highest BCUT2D eigenvalue weighted by atomic mass is 19.1. The monoisotopic (exact) mass is 330 g/mol. The van der Waals surface area contributed by atoms with Crippen LogP contribution in [0.5, 0.6) is 5.75 Å². The van der Waals surface area contributed by atoms with E-state index < -0.39 is 0 Å². The lowest BCUT2D eigenvalue weighted by Crippen LogP contribution is -2.36. The lowest BCUT2D eigenvalue weighted by molar-refractivity contribution is 0.145. The number of hydrogen-bond donors (Lipinski definition) is 3. The van der Waals surface area contributed by atoms with Crippen LogP contribution < -0.4 is 10.2 Å². The third-order valence-electron chi connectivity index (χ3n) is 4.45. The van der Waals surface area contributed by atoms with Crippen molar-refractivity contribution in [3.05, 3.63) is 59.4 Å². The second kappa shape index (κ2) is 7.64. The van der Waals surface area contributed by atoms with Gasteiger partial charge in [-0.2, -0.15) is 0 Å². The van der Waals surface area contributed by atoms with Crippen molar-refractivity contribution in [2.45, 2.75) is 32.0 Å². The molecule has 0 radical (unpaired) electrons. The summed E-state index contributed by atoms with van der Waals surface area (Å²) >= 11 is 0. The highest BCUT2D eigenvalue weighted by molar-refractivity contribution is 5.49. The Balaban J connectivity index is 1.57. The number of aromatic hydroxyl groups is 1. The molecule has 4 nitrogen and oxygen atoms in total. The normalized spacial score (nSPS) is 15.7. The van der Waals surface area contributed by atoms with Gasteiger partial charge in [0.1, 0.15) is 11.6 Å². The maximum atomic E-state index is 14.4. The molecule has 5 heteroatoms. The van der Waals surface area contributed by atoms with Crippen molar-refractivity contribution in [1.29, 1.82) is 0 Å². The van der Waals surface area contributed by atoms with Gasteiger partial charge < -0.3 is 20.4 Å². The Morgan fingerprint density at radius 2 is 1.83 bits per heavy atom. The van der Waals surface area contributed by atoms with Gasteiger partial charge in [0.2, 0.25) is 0 Å². The van der Waals surface area contributed by atoms with Gasteiger partial charge in [-0.25, -0.2) is 4.39 Å². The molecule has 0 atom stereocenters. The lowest BCUT2D eigenvalue weighted by atomic mass is 10.1. The van der Waals surface area contributed by atoms with E-state index in [-0.39, 0.29) is 17.7 Å². The molecule has 0 bridgehead atoms. The molecule has 1 fully saturated rings.